The molecule has 0 bridgehead atoms. The van der Waals surface area contributed by atoms with Gasteiger partial charge in [-0.2, -0.15) is 0 Å². The molecule has 0 aromatic heterocycles. The van der Waals surface area contributed by atoms with Crippen LogP contribution >= 0.6 is 0 Å². The number of nitrogens with zero attached hydrogens (tertiary/aromatic N) is 1. The number of rotatable bonds is 2. The smallest absolute Gasteiger partial charge is 0.335 e. The van der Waals surface area contributed by atoms with Gasteiger partial charge < -0.3 is 14.2 Å². The molecule has 6 heteroatoms. The zero-order valence-corrected chi connectivity index (χ0v) is 17.8. The summed E-state index contributed by atoms with van der Waals surface area (Å²) in [7, 11) is 3.58. The number of benzene rings is 1. The molecule has 3 aliphatic rings. The first-order valence-corrected chi connectivity index (χ1v) is 10.1. The number of fused-ring (bicyclic) bond motifs is 1. The highest BCUT2D eigenvalue weighted by Crippen LogP contribution is 2.59. The van der Waals surface area contributed by atoms with Crippen LogP contribution in [0.3, 0.4) is 0 Å². The van der Waals surface area contributed by atoms with E-state index in [2.05, 4.69) is 39.0 Å². The van der Waals surface area contributed by atoms with Crippen molar-refractivity contribution in [2.75, 3.05) is 20.7 Å². The van der Waals surface area contributed by atoms with Crippen molar-refractivity contribution in [3.8, 4) is 0 Å². The standard InChI is InChI=1S/C23H29NO5/c1-15-6-7-16-13-21(2,3)23(27-5,18(16)12-15)17-10-11-24(4)22(14-17)28-19(25)8-9-20(26)29-22/h6-9,12,17H,10-11,13-14H2,1-5H3. The number of aryl methyl sites for hydroxylation is 1. The first-order chi connectivity index (χ1) is 13.6. The predicted octanol–water partition coefficient (Wildman–Crippen LogP) is 3.07. The fourth-order valence-corrected chi connectivity index (χ4v) is 5.70. The molecular weight excluding hydrogens is 370 g/mol. The second-order valence-electron chi connectivity index (χ2n) is 9.16. The third kappa shape index (κ3) is 2.92. The number of piperidine rings is 1. The number of carbonyl (C=O) groups excluding carboxylic acids is 2. The molecule has 0 N–H and O–H groups in total. The minimum absolute atomic E-state index is 0.000417. The fraction of sp³-hybridized carbons (Fsp3) is 0.565. The van der Waals surface area contributed by atoms with Crippen LogP contribution in [0.5, 0.6) is 0 Å². The monoisotopic (exact) mass is 399 g/mol. The van der Waals surface area contributed by atoms with Gasteiger partial charge in [-0.15, -0.1) is 0 Å². The van der Waals surface area contributed by atoms with E-state index in [1.54, 1.807) is 7.11 Å². The fourth-order valence-electron chi connectivity index (χ4n) is 5.70. The first-order valence-electron chi connectivity index (χ1n) is 10.1. The lowest BCUT2D eigenvalue weighted by atomic mass is 9.64. The van der Waals surface area contributed by atoms with Crippen LogP contribution in [0.1, 0.15) is 43.4 Å². The number of hydrogen-bond acceptors (Lipinski definition) is 6. The molecule has 2 atom stereocenters. The summed E-state index contributed by atoms with van der Waals surface area (Å²) in [4.78, 5) is 26.2. The summed E-state index contributed by atoms with van der Waals surface area (Å²) < 4.78 is 17.7. The van der Waals surface area contributed by atoms with E-state index in [0.29, 0.717) is 13.0 Å². The van der Waals surface area contributed by atoms with Crippen molar-refractivity contribution in [2.24, 2.45) is 11.3 Å². The topological polar surface area (TPSA) is 65.1 Å². The van der Waals surface area contributed by atoms with Gasteiger partial charge in [0.25, 0.3) is 0 Å². The van der Waals surface area contributed by atoms with Crippen LogP contribution in [-0.2, 0) is 35.8 Å². The molecule has 0 saturated carbocycles. The van der Waals surface area contributed by atoms with Gasteiger partial charge in [0.2, 0.25) is 0 Å². The average Bonchev–Trinajstić information content (AvgIpc) is 2.77. The molecule has 156 valence electrons. The van der Waals surface area contributed by atoms with Gasteiger partial charge in [-0.25, -0.2) is 14.5 Å². The van der Waals surface area contributed by atoms with E-state index >= 15 is 0 Å². The van der Waals surface area contributed by atoms with Crippen molar-refractivity contribution < 1.29 is 23.8 Å². The highest BCUT2D eigenvalue weighted by molar-refractivity contribution is 5.93. The second kappa shape index (κ2) is 6.67. The number of esters is 2. The Hall–Kier alpha value is -2.18. The Balaban J connectivity index is 1.80. The maximum atomic E-state index is 12.2. The Morgan fingerprint density at radius 1 is 1.14 bits per heavy atom. The summed E-state index contributed by atoms with van der Waals surface area (Å²) in [6, 6.07) is 6.54. The van der Waals surface area contributed by atoms with Gasteiger partial charge in [0.05, 0.1) is 0 Å². The summed E-state index contributed by atoms with van der Waals surface area (Å²) >= 11 is 0. The molecule has 1 spiro atoms. The molecule has 4 rings (SSSR count). The Morgan fingerprint density at radius 2 is 1.79 bits per heavy atom. The van der Waals surface area contributed by atoms with Crippen LogP contribution in [-0.4, -0.2) is 43.5 Å². The first kappa shape index (κ1) is 20.1. The van der Waals surface area contributed by atoms with Crippen LogP contribution in [0.15, 0.2) is 30.4 Å². The molecule has 1 aromatic carbocycles. The largest absolute Gasteiger partial charge is 0.405 e. The molecule has 6 nitrogen and oxygen atoms in total. The van der Waals surface area contributed by atoms with Crippen molar-refractivity contribution in [3.05, 3.63) is 47.0 Å². The van der Waals surface area contributed by atoms with Gasteiger partial charge in [0, 0.05) is 43.6 Å². The van der Waals surface area contributed by atoms with Gasteiger partial charge >= 0.3 is 17.8 Å². The normalized spacial score (nSPS) is 30.6. The molecule has 2 unspecified atom stereocenters. The Labute approximate surface area is 171 Å². The zero-order valence-electron chi connectivity index (χ0n) is 17.8. The second-order valence-corrected chi connectivity index (χ2v) is 9.16. The number of likely N-dealkylation sites (tertiary alicyclic amines) is 1. The van der Waals surface area contributed by atoms with Crippen molar-refractivity contribution >= 4 is 11.9 Å². The lowest BCUT2D eigenvalue weighted by Crippen LogP contribution is -2.61. The summed E-state index contributed by atoms with van der Waals surface area (Å²) in [6.07, 6.45) is 4.34. The maximum Gasteiger partial charge on any atom is 0.335 e. The summed E-state index contributed by atoms with van der Waals surface area (Å²) in [5.74, 6) is -2.57. The summed E-state index contributed by atoms with van der Waals surface area (Å²) in [6.45, 7) is 7.16. The molecule has 2 aliphatic heterocycles. The van der Waals surface area contributed by atoms with E-state index in [1.807, 2.05) is 11.9 Å². The Bertz CT molecular complexity index is 869. The molecular formula is C23H29NO5. The van der Waals surface area contributed by atoms with Crippen molar-refractivity contribution in [2.45, 2.75) is 51.5 Å². The number of methoxy groups -OCH3 is 1. The molecule has 1 fully saturated rings. The predicted molar refractivity (Wildman–Crippen MR) is 107 cm³/mol. The van der Waals surface area contributed by atoms with Crippen LogP contribution in [0.25, 0.3) is 0 Å². The highest BCUT2D eigenvalue weighted by Gasteiger charge is 2.61. The van der Waals surface area contributed by atoms with Crippen molar-refractivity contribution in [1.82, 2.24) is 4.90 Å². The quantitative estimate of drug-likeness (QED) is 0.712. The van der Waals surface area contributed by atoms with Crippen LogP contribution in [0, 0.1) is 18.3 Å². The minimum atomic E-state index is -1.42. The molecule has 0 radical (unpaired) electrons. The van der Waals surface area contributed by atoms with E-state index in [4.69, 9.17) is 14.2 Å². The lowest BCUT2D eigenvalue weighted by Gasteiger charge is -2.53. The van der Waals surface area contributed by atoms with Crippen LogP contribution in [0.2, 0.25) is 0 Å². The SMILES string of the molecule is COC1(C2CCN(C)C3(C2)OC(=O)C=CC(=O)O3)c2cc(C)ccc2CC1(C)C. The molecule has 1 aromatic rings. The molecule has 0 amide bonds. The van der Waals surface area contributed by atoms with E-state index in [0.717, 1.165) is 25.0 Å². The zero-order chi connectivity index (χ0) is 21.0. The molecule has 1 aliphatic carbocycles. The van der Waals surface area contributed by atoms with Gasteiger partial charge in [0.1, 0.15) is 5.60 Å². The minimum Gasteiger partial charge on any atom is -0.405 e. The lowest BCUT2D eigenvalue weighted by molar-refractivity contribution is -0.308. The third-order valence-electron chi connectivity index (χ3n) is 6.97. The summed E-state index contributed by atoms with van der Waals surface area (Å²) in [5, 5.41) is 0. The average molecular weight is 399 g/mol. The summed E-state index contributed by atoms with van der Waals surface area (Å²) in [5.41, 5.74) is 2.92. The van der Waals surface area contributed by atoms with Gasteiger partial charge in [0.15, 0.2) is 0 Å². The van der Waals surface area contributed by atoms with Crippen molar-refractivity contribution in [1.29, 1.82) is 0 Å². The molecule has 2 heterocycles. The third-order valence-corrected chi connectivity index (χ3v) is 6.97. The van der Waals surface area contributed by atoms with E-state index in [9.17, 15) is 9.59 Å². The van der Waals surface area contributed by atoms with Gasteiger partial charge in [-0.05, 0) is 37.9 Å². The molecule has 1 saturated heterocycles. The van der Waals surface area contributed by atoms with Gasteiger partial charge in [-0.3, -0.25) is 0 Å². The van der Waals surface area contributed by atoms with Gasteiger partial charge in [-0.1, -0.05) is 37.6 Å². The van der Waals surface area contributed by atoms with E-state index in [-0.39, 0.29) is 11.3 Å². The van der Waals surface area contributed by atoms with Crippen LogP contribution < -0.4 is 0 Å². The molecule has 29 heavy (non-hydrogen) atoms. The number of ether oxygens (including phenoxy) is 3. The van der Waals surface area contributed by atoms with E-state index < -0.39 is 23.5 Å². The van der Waals surface area contributed by atoms with Crippen LogP contribution in [0.4, 0.5) is 0 Å². The Morgan fingerprint density at radius 3 is 2.41 bits per heavy atom. The van der Waals surface area contributed by atoms with E-state index in [1.165, 1.54) is 16.7 Å². The number of hydrogen-bond donors (Lipinski definition) is 0. The van der Waals surface area contributed by atoms with Crippen molar-refractivity contribution in [3.63, 3.8) is 0 Å². The maximum absolute atomic E-state index is 12.2. The highest BCUT2D eigenvalue weighted by atomic mass is 16.8. The number of carbonyl (C=O) groups is 2. The Kier molecular flexibility index (Phi) is 4.63.